The first-order valence-corrected chi connectivity index (χ1v) is 19.3. The molecule has 1 fully saturated rings. The summed E-state index contributed by atoms with van der Waals surface area (Å²) in [5.74, 6) is 0.202. The van der Waals surface area contributed by atoms with Gasteiger partial charge in [-0.1, -0.05) is 140 Å². The van der Waals surface area contributed by atoms with Crippen molar-refractivity contribution in [1.82, 2.24) is 0 Å². The summed E-state index contributed by atoms with van der Waals surface area (Å²) < 4.78 is 0. The average Bonchev–Trinajstić information content (AvgIpc) is 3.13. The molecule has 5 nitrogen and oxygen atoms in total. The largest absolute Gasteiger partial charge is 0.308 e. The summed E-state index contributed by atoms with van der Waals surface area (Å²) >= 11 is 1.78. The number of hydrogen-bond donors (Lipinski definition) is 0. The van der Waals surface area contributed by atoms with Gasteiger partial charge in [0.25, 0.3) is 0 Å². The molecular weight excluding hydrogens is 659 g/mol. The molecule has 0 aliphatic carbocycles. The Bertz CT molecular complexity index is 1960. The number of amides is 2. The van der Waals surface area contributed by atoms with Crippen molar-refractivity contribution < 1.29 is 9.59 Å². The number of fused-ring (bicyclic) bond motifs is 2. The Morgan fingerprint density at radius 2 is 0.846 bits per heavy atom. The fourth-order valence-corrected chi connectivity index (χ4v) is 8.68. The Labute approximate surface area is 313 Å². The molecule has 1 saturated heterocycles. The third-order valence-corrected chi connectivity index (χ3v) is 11.3. The van der Waals surface area contributed by atoms with Gasteiger partial charge in [-0.05, 0) is 82.3 Å². The second-order valence-electron chi connectivity index (χ2n) is 15.1. The second kappa shape index (κ2) is 14.3. The zero-order valence-electron chi connectivity index (χ0n) is 31.5. The minimum absolute atomic E-state index is 0.155. The van der Waals surface area contributed by atoms with Crippen molar-refractivity contribution >= 4 is 52.0 Å². The van der Waals surface area contributed by atoms with E-state index in [1.165, 1.54) is 9.79 Å². The first-order chi connectivity index (χ1) is 25.0. The third kappa shape index (κ3) is 6.21. The molecule has 0 spiro atoms. The van der Waals surface area contributed by atoms with Gasteiger partial charge in [0.15, 0.2) is 0 Å². The van der Waals surface area contributed by atoms with Crippen LogP contribution in [0.1, 0.15) is 113 Å². The lowest BCUT2D eigenvalue weighted by molar-refractivity contribution is -0.128. The molecule has 5 aromatic carbocycles. The SMILES string of the molecule is CC(C)c1cccc(C(C)C)c1N1[C](c2ccc(N3c4ccccc4Sc4ccccc43)cc2)N(c2c(C(C)C)cccc2C(C)C)C(=O)CC1=O. The van der Waals surface area contributed by atoms with Crippen LogP contribution >= 0.6 is 11.8 Å². The van der Waals surface area contributed by atoms with Crippen LogP contribution in [0.2, 0.25) is 0 Å². The van der Waals surface area contributed by atoms with Gasteiger partial charge in [-0.15, -0.1) is 0 Å². The molecule has 2 amide bonds. The molecule has 0 saturated carbocycles. The van der Waals surface area contributed by atoms with Crippen LogP contribution in [0, 0.1) is 6.17 Å². The Morgan fingerprint density at radius 3 is 1.23 bits per heavy atom. The van der Waals surface area contributed by atoms with E-state index in [0.29, 0.717) is 6.17 Å². The van der Waals surface area contributed by atoms with Gasteiger partial charge in [0.2, 0.25) is 18.0 Å². The lowest BCUT2D eigenvalue weighted by Gasteiger charge is -2.45. The molecule has 0 N–H and O–H groups in total. The van der Waals surface area contributed by atoms with Gasteiger partial charge >= 0.3 is 0 Å². The van der Waals surface area contributed by atoms with Gasteiger partial charge in [-0.2, -0.15) is 0 Å². The highest BCUT2D eigenvalue weighted by atomic mass is 32.2. The first kappa shape index (κ1) is 35.6. The van der Waals surface area contributed by atoms with E-state index in [0.717, 1.165) is 56.3 Å². The van der Waals surface area contributed by atoms with E-state index in [4.69, 9.17) is 0 Å². The molecule has 2 heterocycles. The number of carbonyl (C=O) groups excluding carboxylic acids is 2. The highest BCUT2D eigenvalue weighted by Gasteiger charge is 2.46. The quantitative estimate of drug-likeness (QED) is 0.148. The predicted octanol–water partition coefficient (Wildman–Crippen LogP) is 12.4. The van der Waals surface area contributed by atoms with E-state index in [1.54, 1.807) is 11.8 Å². The second-order valence-corrected chi connectivity index (χ2v) is 16.2. The standard InChI is InChI=1S/C46H48N3O2S/c1-28(2)34-15-13-16-35(29(3)4)44(34)48-42(50)27-43(51)49(45-36(30(5)6)17-14-18-37(45)31(7)8)46(48)32-23-25-33(26-24-32)47-38-19-9-11-21-40(38)52-41-22-12-10-20-39(41)47/h9-26,28-31H,27H2,1-8H3. The molecule has 265 valence electrons. The van der Waals surface area contributed by atoms with Gasteiger partial charge in [0.1, 0.15) is 6.42 Å². The van der Waals surface area contributed by atoms with E-state index in [1.807, 2.05) is 9.80 Å². The summed E-state index contributed by atoms with van der Waals surface area (Å²) in [7, 11) is 0. The molecule has 0 bridgehead atoms. The third-order valence-electron chi connectivity index (χ3n) is 10.2. The summed E-state index contributed by atoms with van der Waals surface area (Å²) in [6, 6.07) is 38.1. The molecule has 0 unspecified atom stereocenters. The van der Waals surface area contributed by atoms with E-state index < -0.39 is 0 Å². The first-order valence-electron chi connectivity index (χ1n) is 18.5. The maximum absolute atomic E-state index is 14.6. The van der Waals surface area contributed by atoms with Crippen molar-refractivity contribution in [3.63, 3.8) is 0 Å². The summed E-state index contributed by atoms with van der Waals surface area (Å²) in [5, 5.41) is 0. The van der Waals surface area contributed by atoms with Crippen LogP contribution < -0.4 is 14.7 Å². The van der Waals surface area contributed by atoms with Crippen molar-refractivity contribution in [1.29, 1.82) is 0 Å². The molecule has 7 rings (SSSR count). The monoisotopic (exact) mass is 706 g/mol. The van der Waals surface area contributed by atoms with Crippen molar-refractivity contribution in [3.8, 4) is 0 Å². The molecule has 0 aromatic heterocycles. The number of hydrogen-bond acceptors (Lipinski definition) is 4. The summed E-state index contributed by atoms with van der Waals surface area (Å²) in [4.78, 5) is 37.6. The minimum atomic E-state index is -0.214. The predicted molar refractivity (Wildman–Crippen MR) is 216 cm³/mol. The topological polar surface area (TPSA) is 43.9 Å². The van der Waals surface area contributed by atoms with Gasteiger partial charge in [0.05, 0.1) is 22.7 Å². The number of rotatable bonds is 8. The molecule has 2 aliphatic rings. The van der Waals surface area contributed by atoms with Crippen molar-refractivity contribution in [2.24, 2.45) is 0 Å². The van der Waals surface area contributed by atoms with Gasteiger partial charge in [-0.25, -0.2) is 0 Å². The normalized spacial score (nSPS) is 15.0. The molecule has 1 radical (unpaired) electrons. The molecule has 6 heteroatoms. The number of para-hydroxylation sites is 4. The molecule has 5 aromatic rings. The minimum Gasteiger partial charge on any atom is -0.308 e. The van der Waals surface area contributed by atoms with E-state index in [2.05, 4.69) is 169 Å². The Kier molecular flexibility index (Phi) is 9.79. The molecular formula is C46H48N3O2S. The van der Waals surface area contributed by atoms with Crippen LogP contribution in [0.4, 0.5) is 28.4 Å². The van der Waals surface area contributed by atoms with Crippen LogP contribution in [0.15, 0.2) is 119 Å². The molecule has 52 heavy (non-hydrogen) atoms. The summed E-state index contributed by atoms with van der Waals surface area (Å²) in [6.45, 7) is 17.4. The Morgan fingerprint density at radius 1 is 0.462 bits per heavy atom. The van der Waals surface area contributed by atoms with E-state index in [9.17, 15) is 9.59 Å². The van der Waals surface area contributed by atoms with Gasteiger partial charge < -0.3 is 4.90 Å². The van der Waals surface area contributed by atoms with Crippen LogP contribution in [0.3, 0.4) is 0 Å². The smallest absolute Gasteiger partial charge is 0.238 e. The maximum atomic E-state index is 14.6. The van der Waals surface area contributed by atoms with E-state index in [-0.39, 0.29) is 41.9 Å². The zero-order valence-corrected chi connectivity index (χ0v) is 32.3. The highest BCUT2D eigenvalue weighted by molar-refractivity contribution is 7.99. The van der Waals surface area contributed by atoms with Crippen molar-refractivity contribution in [2.45, 2.75) is 95.3 Å². The number of anilines is 5. The fourth-order valence-electron chi connectivity index (χ4n) is 7.63. The Hall–Kier alpha value is -4.81. The van der Waals surface area contributed by atoms with E-state index >= 15 is 0 Å². The Balaban J connectivity index is 1.47. The lowest BCUT2D eigenvalue weighted by atomic mass is 9.88. The average molecular weight is 707 g/mol. The highest BCUT2D eigenvalue weighted by Crippen LogP contribution is 2.52. The molecule has 0 atom stereocenters. The van der Waals surface area contributed by atoms with Crippen LogP contribution in [0.5, 0.6) is 0 Å². The number of benzene rings is 5. The maximum Gasteiger partial charge on any atom is 0.238 e. The zero-order chi connectivity index (χ0) is 36.8. The van der Waals surface area contributed by atoms with Crippen molar-refractivity contribution in [3.05, 3.63) is 143 Å². The van der Waals surface area contributed by atoms with Crippen LogP contribution in [-0.2, 0) is 9.59 Å². The number of carbonyl (C=O) groups is 2. The number of nitrogens with zero attached hydrogens (tertiary/aromatic N) is 3. The van der Waals surface area contributed by atoms with Gasteiger partial charge in [0, 0.05) is 21.0 Å². The van der Waals surface area contributed by atoms with Crippen molar-refractivity contribution in [2.75, 3.05) is 14.7 Å². The van der Waals surface area contributed by atoms with Crippen LogP contribution in [0.25, 0.3) is 0 Å². The summed E-state index contributed by atoms with van der Waals surface area (Å²) in [5.41, 5.74) is 10.2. The van der Waals surface area contributed by atoms with Crippen LogP contribution in [-0.4, -0.2) is 11.8 Å². The van der Waals surface area contributed by atoms with Gasteiger partial charge in [-0.3, -0.25) is 19.4 Å². The molecule has 2 aliphatic heterocycles. The lowest BCUT2D eigenvalue weighted by Crippen LogP contribution is -2.55. The fraction of sp³-hybridized carbons (Fsp3) is 0.283. The summed E-state index contributed by atoms with van der Waals surface area (Å²) in [6.07, 6.45) is 0.377.